The van der Waals surface area contributed by atoms with Crippen LogP contribution in [0.3, 0.4) is 0 Å². The van der Waals surface area contributed by atoms with E-state index in [0.717, 1.165) is 38.5 Å². The molecule has 50 heavy (non-hydrogen) atoms. The smallest absolute Gasteiger partial charge is 0.268 e. The molecule has 8 nitrogen and oxygen atoms in total. The van der Waals surface area contributed by atoms with Gasteiger partial charge in [-0.1, -0.05) is 180 Å². The predicted octanol–water partition coefficient (Wildman–Crippen LogP) is 10.6. The lowest BCUT2D eigenvalue weighted by Crippen LogP contribution is -2.45. The van der Waals surface area contributed by atoms with Crippen LogP contribution in [0.2, 0.25) is 0 Å². The van der Waals surface area contributed by atoms with E-state index < -0.39 is 20.0 Å². The molecule has 3 atom stereocenters. The molecule has 0 aromatic carbocycles. The molecule has 0 radical (unpaired) electrons. The van der Waals surface area contributed by atoms with Crippen molar-refractivity contribution < 1.29 is 32.9 Å². The van der Waals surface area contributed by atoms with Gasteiger partial charge < -0.3 is 28.8 Å². The summed E-state index contributed by atoms with van der Waals surface area (Å²) < 4.78 is 23.1. The van der Waals surface area contributed by atoms with E-state index >= 15 is 0 Å². The molecule has 0 spiro atoms. The number of aliphatic hydroxyl groups excluding tert-OH is 1. The zero-order valence-corrected chi connectivity index (χ0v) is 34.5. The molecule has 0 aliphatic carbocycles. The molecular weight excluding hydrogens is 647 g/mol. The number of carbonyl (C=O) groups excluding carboxylic acids is 1. The van der Waals surface area contributed by atoms with Gasteiger partial charge in [-0.3, -0.25) is 9.36 Å². The summed E-state index contributed by atoms with van der Waals surface area (Å²) >= 11 is 0. The van der Waals surface area contributed by atoms with Crippen LogP contribution in [0.1, 0.15) is 194 Å². The Morgan fingerprint density at radius 3 is 1.50 bits per heavy atom. The van der Waals surface area contributed by atoms with Gasteiger partial charge >= 0.3 is 0 Å². The summed E-state index contributed by atoms with van der Waals surface area (Å²) in [5, 5.41) is 13.7. The highest BCUT2D eigenvalue weighted by atomic mass is 31.2. The summed E-state index contributed by atoms with van der Waals surface area (Å²) in [7, 11) is 1.27. The third-order valence-corrected chi connectivity index (χ3v) is 10.5. The number of hydrogen-bond donors (Lipinski definition) is 2. The molecule has 2 N–H and O–H groups in total. The molecule has 1 amide bonds. The van der Waals surface area contributed by atoms with E-state index in [2.05, 4.69) is 19.2 Å². The summed E-state index contributed by atoms with van der Waals surface area (Å²) in [4.78, 5) is 25.2. The van der Waals surface area contributed by atoms with Crippen LogP contribution in [0.5, 0.6) is 0 Å². The Labute approximate surface area is 310 Å². The molecule has 0 aromatic rings. The van der Waals surface area contributed by atoms with Gasteiger partial charge in [0.1, 0.15) is 13.2 Å². The third kappa shape index (κ3) is 35.6. The number of nitrogens with one attached hydrogen (secondary N) is 1. The number of rotatable bonds is 38. The molecule has 0 aromatic heterocycles. The number of allylic oxidation sites excluding steroid dienone is 1. The SMILES string of the molecule is CCCCCCCCCCCCC/C=C/[C@@H](O)C(COP(=O)([O-])OCC[N+](C)(C)C)NC(=O)CCCCCCCCCCCCCCCCC. The summed E-state index contributed by atoms with van der Waals surface area (Å²) in [5.41, 5.74) is 0. The lowest BCUT2D eigenvalue weighted by Gasteiger charge is -2.29. The van der Waals surface area contributed by atoms with Gasteiger partial charge in [0.2, 0.25) is 5.91 Å². The Morgan fingerprint density at radius 1 is 0.680 bits per heavy atom. The van der Waals surface area contributed by atoms with E-state index in [-0.39, 0.29) is 19.1 Å². The van der Waals surface area contributed by atoms with Crippen LogP contribution in [-0.4, -0.2) is 68.5 Å². The Kier molecular flexibility index (Phi) is 33.5. The van der Waals surface area contributed by atoms with Gasteiger partial charge in [-0.2, -0.15) is 0 Å². The number of nitrogens with zero attached hydrogens (tertiary/aromatic N) is 1. The molecule has 0 heterocycles. The Balaban J connectivity index is 4.44. The fraction of sp³-hybridized carbons (Fsp3) is 0.927. The zero-order valence-electron chi connectivity index (χ0n) is 33.6. The first-order chi connectivity index (χ1) is 24.0. The quantitative estimate of drug-likeness (QED) is 0.0283. The lowest BCUT2D eigenvalue weighted by atomic mass is 10.0. The standard InChI is InChI=1S/C41H83N2O6P/c1-6-8-10-12-14-16-18-20-21-23-25-27-29-31-33-35-41(45)42-39(38-49-50(46,47)48-37-36-43(3,4)5)40(44)34-32-30-28-26-24-22-19-17-15-13-11-9-7-2/h32,34,39-40,44H,6-31,33,35-38H2,1-5H3,(H-,42,45,46,47)/b34-32+/t39?,40-/m1/s1. The van der Waals surface area contributed by atoms with Gasteiger partial charge in [0.15, 0.2) is 0 Å². The topological polar surface area (TPSA) is 108 Å². The molecule has 9 heteroatoms. The van der Waals surface area contributed by atoms with Crippen LogP contribution in [0.4, 0.5) is 0 Å². The molecule has 0 saturated heterocycles. The maximum Gasteiger partial charge on any atom is 0.268 e. The molecule has 298 valence electrons. The summed E-state index contributed by atoms with van der Waals surface area (Å²) in [6, 6.07) is -0.878. The van der Waals surface area contributed by atoms with Crippen molar-refractivity contribution in [3.63, 3.8) is 0 Å². The number of quaternary nitrogens is 1. The average Bonchev–Trinajstić information content (AvgIpc) is 3.06. The van der Waals surface area contributed by atoms with Crippen molar-refractivity contribution in [1.82, 2.24) is 5.32 Å². The zero-order chi connectivity index (χ0) is 37.2. The highest BCUT2D eigenvalue weighted by molar-refractivity contribution is 7.45. The van der Waals surface area contributed by atoms with Crippen LogP contribution in [-0.2, 0) is 18.4 Å². The Hall–Kier alpha value is -0.760. The molecule has 2 unspecified atom stereocenters. The normalized spacial score (nSPS) is 14.6. The average molecular weight is 731 g/mol. The predicted molar refractivity (Wildman–Crippen MR) is 210 cm³/mol. The minimum atomic E-state index is -4.58. The lowest BCUT2D eigenvalue weighted by molar-refractivity contribution is -0.870. The van der Waals surface area contributed by atoms with E-state index in [1.54, 1.807) is 6.08 Å². The molecule has 0 fully saturated rings. The number of hydrogen-bond acceptors (Lipinski definition) is 6. The Morgan fingerprint density at radius 2 is 1.08 bits per heavy atom. The first kappa shape index (κ1) is 49.2. The Bertz CT molecular complexity index is 834. The van der Waals surface area contributed by atoms with Crippen molar-refractivity contribution in [2.24, 2.45) is 0 Å². The largest absolute Gasteiger partial charge is 0.756 e. The first-order valence-electron chi connectivity index (χ1n) is 21.1. The maximum atomic E-state index is 12.8. The molecule has 0 saturated carbocycles. The number of aliphatic hydroxyl groups is 1. The van der Waals surface area contributed by atoms with E-state index in [9.17, 15) is 19.4 Å². The minimum Gasteiger partial charge on any atom is -0.756 e. The van der Waals surface area contributed by atoms with Gasteiger partial charge in [0.25, 0.3) is 7.82 Å². The molecular formula is C41H83N2O6P. The van der Waals surface area contributed by atoms with E-state index in [4.69, 9.17) is 9.05 Å². The second-order valence-corrected chi connectivity index (χ2v) is 17.1. The van der Waals surface area contributed by atoms with E-state index in [1.807, 2.05) is 27.2 Å². The molecule has 0 aliphatic heterocycles. The monoisotopic (exact) mass is 731 g/mol. The highest BCUT2D eigenvalue weighted by Crippen LogP contribution is 2.38. The highest BCUT2D eigenvalue weighted by Gasteiger charge is 2.23. The van der Waals surface area contributed by atoms with Crippen molar-refractivity contribution in [2.45, 2.75) is 206 Å². The fourth-order valence-electron chi connectivity index (χ4n) is 6.09. The summed E-state index contributed by atoms with van der Waals surface area (Å²) in [6.45, 7) is 4.64. The van der Waals surface area contributed by atoms with Gasteiger partial charge in [-0.15, -0.1) is 0 Å². The summed E-state index contributed by atoms with van der Waals surface area (Å²) in [5.74, 6) is -0.196. The van der Waals surface area contributed by atoms with E-state index in [1.165, 1.54) is 135 Å². The number of unbranched alkanes of at least 4 members (excludes halogenated alkanes) is 25. The fourth-order valence-corrected chi connectivity index (χ4v) is 6.82. The van der Waals surface area contributed by atoms with Gasteiger partial charge in [-0.25, -0.2) is 0 Å². The van der Waals surface area contributed by atoms with Gasteiger partial charge in [-0.05, 0) is 19.3 Å². The number of amides is 1. The van der Waals surface area contributed by atoms with Gasteiger partial charge in [0, 0.05) is 6.42 Å². The number of phosphoric ester groups is 1. The first-order valence-corrected chi connectivity index (χ1v) is 22.5. The van der Waals surface area contributed by atoms with E-state index in [0.29, 0.717) is 17.4 Å². The molecule has 0 rings (SSSR count). The van der Waals surface area contributed by atoms with Crippen molar-refractivity contribution in [2.75, 3.05) is 40.9 Å². The minimum absolute atomic E-state index is 0.00190. The second-order valence-electron chi connectivity index (χ2n) is 15.7. The van der Waals surface area contributed by atoms with Crippen molar-refractivity contribution >= 4 is 13.7 Å². The van der Waals surface area contributed by atoms with Crippen LogP contribution in [0.15, 0.2) is 12.2 Å². The number of phosphoric acid groups is 1. The van der Waals surface area contributed by atoms with Crippen LogP contribution < -0.4 is 10.2 Å². The molecule has 0 bridgehead atoms. The van der Waals surface area contributed by atoms with Gasteiger partial charge in [0.05, 0.1) is 39.9 Å². The van der Waals surface area contributed by atoms with Crippen molar-refractivity contribution in [3.05, 3.63) is 12.2 Å². The molecule has 0 aliphatic rings. The number of carbonyl (C=O) groups is 1. The van der Waals surface area contributed by atoms with Crippen molar-refractivity contribution in [1.29, 1.82) is 0 Å². The second kappa shape index (κ2) is 34.0. The number of likely N-dealkylation sites (N-methyl/N-ethyl adjacent to an activating group) is 1. The summed E-state index contributed by atoms with van der Waals surface area (Å²) in [6.07, 6.45) is 36.7. The van der Waals surface area contributed by atoms with Crippen LogP contribution in [0, 0.1) is 0 Å². The maximum absolute atomic E-state index is 12.8. The third-order valence-electron chi connectivity index (χ3n) is 9.50. The van der Waals surface area contributed by atoms with Crippen LogP contribution in [0.25, 0.3) is 0 Å². The van der Waals surface area contributed by atoms with Crippen molar-refractivity contribution in [3.8, 4) is 0 Å². The van der Waals surface area contributed by atoms with Crippen LogP contribution >= 0.6 is 7.82 Å².